The van der Waals surface area contributed by atoms with Gasteiger partial charge in [0.15, 0.2) is 0 Å². The predicted molar refractivity (Wildman–Crippen MR) is 94.2 cm³/mol. The average molecular weight is 337 g/mol. The van der Waals surface area contributed by atoms with Crippen LogP contribution in [0.3, 0.4) is 0 Å². The largest absolute Gasteiger partial charge is 0.291 e. The van der Waals surface area contributed by atoms with Crippen molar-refractivity contribution < 1.29 is 0 Å². The number of rotatable bonds is 3. The van der Waals surface area contributed by atoms with Crippen molar-refractivity contribution in [1.82, 2.24) is 24.3 Å². The predicted octanol–water partition coefficient (Wildman–Crippen LogP) is 2.61. The highest BCUT2D eigenvalue weighted by Gasteiger charge is 2.16. The molecule has 120 valence electrons. The first-order valence-electron chi connectivity index (χ1n) is 7.52. The van der Waals surface area contributed by atoms with Gasteiger partial charge in [-0.05, 0) is 18.1 Å². The van der Waals surface area contributed by atoms with Crippen molar-refractivity contribution in [3.63, 3.8) is 0 Å². The Morgan fingerprint density at radius 2 is 1.96 bits per heavy atom. The number of thiophene rings is 1. The molecule has 4 rings (SSSR count). The summed E-state index contributed by atoms with van der Waals surface area (Å²) in [6.45, 7) is 2.34. The van der Waals surface area contributed by atoms with Gasteiger partial charge in [0.1, 0.15) is 17.0 Å². The number of fused-ring (bicyclic) bond motifs is 1. The van der Waals surface area contributed by atoms with Crippen molar-refractivity contribution in [2.75, 3.05) is 0 Å². The highest BCUT2D eigenvalue weighted by Crippen LogP contribution is 2.35. The lowest BCUT2D eigenvalue weighted by Crippen LogP contribution is -2.22. The van der Waals surface area contributed by atoms with E-state index in [0.29, 0.717) is 11.9 Å². The number of aryl methyl sites for hydroxylation is 2. The van der Waals surface area contributed by atoms with Crippen LogP contribution in [-0.4, -0.2) is 24.3 Å². The van der Waals surface area contributed by atoms with E-state index < -0.39 is 0 Å². The molecule has 0 N–H and O–H groups in total. The van der Waals surface area contributed by atoms with Gasteiger partial charge in [0.2, 0.25) is 0 Å². The first kappa shape index (κ1) is 14.8. The molecule has 4 aromatic rings. The Bertz CT molecular complexity index is 1080. The standard InChI is InChI=1S/C17H15N5OS/c1-11-14-16(24-15(11)12-6-4-3-5-7-12)19-10-22(17(14)23)8-13-18-9-20-21(13)2/h3-7,9-10H,8H2,1-2H3. The maximum atomic E-state index is 12.9. The van der Waals surface area contributed by atoms with E-state index in [0.717, 1.165) is 26.7 Å². The fourth-order valence-electron chi connectivity index (χ4n) is 2.75. The van der Waals surface area contributed by atoms with Gasteiger partial charge in [0, 0.05) is 11.9 Å². The molecule has 7 heteroatoms. The molecule has 0 bridgehead atoms. The minimum absolute atomic E-state index is 0.0427. The van der Waals surface area contributed by atoms with Crippen molar-refractivity contribution >= 4 is 21.6 Å². The van der Waals surface area contributed by atoms with Gasteiger partial charge in [-0.25, -0.2) is 9.97 Å². The molecule has 0 aliphatic heterocycles. The fraction of sp³-hybridized carbons (Fsp3) is 0.176. The maximum Gasteiger partial charge on any atom is 0.262 e. The van der Waals surface area contributed by atoms with Crippen LogP contribution in [0.1, 0.15) is 11.4 Å². The van der Waals surface area contributed by atoms with Crippen LogP contribution >= 0.6 is 11.3 Å². The topological polar surface area (TPSA) is 65.6 Å². The Morgan fingerprint density at radius 1 is 1.17 bits per heavy atom. The molecule has 6 nitrogen and oxygen atoms in total. The van der Waals surface area contributed by atoms with Crippen LogP contribution in [0.5, 0.6) is 0 Å². The number of hydrogen-bond donors (Lipinski definition) is 0. The molecule has 0 amide bonds. The second-order valence-electron chi connectivity index (χ2n) is 5.58. The van der Waals surface area contributed by atoms with Gasteiger partial charge in [-0.1, -0.05) is 30.3 Å². The van der Waals surface area contributed by atoms with Crippen LogP contribution in [-0.2, 0) is 13.6 Å². The van der Waals surface area contributed by atoms with Crippen LogP contribution in [0.4, 0.5) is 0 Å². The van der Waals surface area contributed by atoms with Gasteiger partial charge in [0.05, 0.1) is 18.3 Å². The normalized spacial score (nSPS) is 11.2. The molecule has 0 saturated carbocycles. The lowest BCUT2D eigenvalue weighted by atomic mass is 10.1. The molecule has 0 fully saturated rings. The van der Waals surface area contributed by atoms with Crippen molar-refractivity contribution in [1.29, 1.82) is 0 Å². The monoisotopic (exact) mass is 337 g/mol. The summed E-state index contributed by atoms with van der Waals surface area (Å²) in [4.78, 5) is 23.4. The zero-order valence-corrected chi connectivity index (χ0v) is 14.1. The maximum absolute atomic E-state index is 12.9. The molecule has 1 aromatic carbocycles. The van der Waals surface area contributed by atoms with E-state index in [4.69, 9.17) is 0 Å². The van der Waals surface area contributed by atoms with Crippen LogP contribution in [0.2, 0.25) is 0 Å². The van der Waals surface area contributed by atoms with Gasteiger partial charge in [-0.3, -0.25) is 14.0 Å². The Balaban J connectivity index is 1.86. The van der Waals surface area contributed by atoms with Crippen LogP contribution in [0, 0.1) is 6.92 Å². The first-order chi connectivity index (χ1) is 11.6. The van der Waals surface area contributed by atoms with Gasteiger partial charge in [-0.15, -0.1) is 11.3 Å². The van der Waals surface area contributed by atoms with Crippen molar-refractivity contribution in [3.8, 4) is 10.4 Å². The molecule has 0 spiro atoms. The lowest BCUT2D eigenvalue weighted by molar-refractivity contribution is 0.637. The third-order valence-corrected chi connectivity index (χ3v) is 5.32. The first-order valence-corrected chi connectivity index (χ1v) is 8.33. The molecule has 3 heterocycles. The van der Waals surface area contributed by atoms with E-state index in [1.165, 1.54) is 6.33 Å². The Hall–Kier alpha value is -2.80. The van der Waals surface area contributed by atoms with E-state index >= 15 is 0 Å². The van der Waals surface area contributed by atoms with E-state index in [1.54, 1.807) is 26.9 Å². The molecule has 3 aromatic heterocycles. The summed E-state index contributed by atoms with van der Waals surface area (Å²) in [6, 6.07) is 10.1. The summed E-state index contributed by atoms with van der Waals surface area (Å²) in [7, 11) is 1.81. The summed E-state index contributed by atoms with van der Waals surface area (Å²) < 4.78 is 3.24. The third-order valence-electron chi connectivity index (χ3n) is 4.07. The average Bonchev–Trinajstić information content (AvgIpc) is 3.15. The van der Waals surface area contributed by atoms with Crippen LogP contribution in [0.25, 0.3) is 20.7 Å². The van der Waals surface area contributed by atoms with Gasteiger partial charge in [0.25, 0.3) is 5.56 Å². The van der Waals surface area contributed by atoms with Crippen LogP contribution < -0.4 is 5.56 Å². The Morgan fingerprint density at radius 3 is 2.67 bits per heavy atom. The van der Waals surface area contributed by atoms with Gasteiger partial charge in [-0.2, -0.15) is 5.10 Å². The van der Waals surface area contributed by atoms with E-state index in [2.05, 4.69) is 27.2 Å². The van der Waals surface area contributed by atoms with E-state index in [-0.39, 0.29) is 5.56 Å². The van der Waals surface area contributed by atoms with Gasteiger partial charge < -0.3 is 0 Å². The summed E-state index contributed by atoms with van der Waals surface area (Å²) >= 11 is 1.55. The Kier molecular flexibility index (Phi) is 3.50. The molecule has 0 radical (unpaired) electrons. The molecule has 0 aliphatic carbocycles. The highest BCUT2D eigenvalue weighted by molar-refractivity contribution is 7.22. The lowest BCUT2D eigenvalue weighted by Gasteiger charge is -2.04. The zero-order valence-electron chi connectivity index (χ0n) is 13.3. The summed E-state index contributed by atoms with van der Waals surface area (Å²) in [5, 5.41) is 4.72. The summed E-state index contributed by atoms with van der Waals surface area (Å²) in [5.41, 5.74) is 2.04. The fourth-order valence-corrected chi connectivity index (χ4v) is 3.90. The number of aromatic nitrogens is 5. The SMILES string of the molecule is Cc1c(-c2ccccc2)sc2ncn(Cc3ncnn3C)c(=O)c12. The van der Waals surface area contributed by atoms with Crippen molar-refractivity contribution in [2.45, 2.75) is 13.5 Å². The number of nitrogens with zero attached hydrogens (tertiary/aromatic N) is 5. The van der Waals surface area contributed by atoms with Crippen molar-refractivity contribution in [3.05, 3.63) is 64.7 Å². The minimum atomic E-state index is -0.0427. The minimum Gasteiger partial charge on any atom is -0.291 e. The second kappa shape index (κ2) is 5.68. The summed E-state index contributed by atoms with van der Waals surface area (Å²) in [6.07, 6.45) is 3.07. The summed E-state index contributed by atoms with van der Waals surface area (Å²) in [5.74, 6) is 0.717. The highest BCUT2D eigenvalue weighted by atomic mass is 32.1. The van der Waals surface area contributed by atoms with Gasteiger partial charge >= 0.3 is 0 Å². The second-order valence-corrected chi connectivity index (χ2v) is 6.58. The van der Waals surface area contributed by atoms with Crippen molar-refractivity contribution in [2.24, 2.45) is 7.05 Å². The number of hydrogen-bond acceptors (Lipinski definition) is 5. The molecule has 0 atom stereocenters. The molecular formula is C17H15N5OS. The molecule has 0 unspecified atom stereocenters. The molecule has 0 aliphatic rings. The molecular weight excluding hydrogens is 322 g/mol. The van der Waals surface area contributed by atoms with Crippen LogP contribution in [0.15, 0.2) is 47.8 Å². The molecule has 24 heavy (non-hydrogen) atoms. The quantitative estimate of drug-likeness (QED) is 0.576. The molecule has 0 saturated heterocycles. The smallest absolute Gasteiger partial charge is 0.262 e. The number of benzene rings is 1. The van der Waals surface area contributed by atoms with E-state index in [1.807, 2.05) is 32.2 Å². The van der Waals surface area contributed by atoms with E-state index in [9.17, 15) is 4.79 Å². The zero-order chi connectivity index (χ0) is 16.7. The third kappa shape index (κ3) is 2.33. The Labute approximate surface area is 142 Å².